The zero-order chi connectivity index (χ0) is 18.7. The van der Waals surface area contributed by atoms with Crippen LogP contribution >= 0.6 is 11.6 Å². The van der Waals surface area contributed by atoms with Gasteiger partial charge in [-0.2, -0.15) is 0 Å². The molecule has 0 fully saturated rings. The van der Waals surface area contributed by atoms with Crippen LogP contribution in [0.5, 0.6) is 5.75 Å². The van der Waals surface area contributed by atoms with E-state index in [1.54, 1.807) is 37.4 Å². The van der Waals surface area contributed by atoms with Gasteiger partial charge in [0.1, 0.15) is 5.75 Å². The van der Waals surface area contributed by atoms with Crippen molar-refractivity contribution in [3.8, 4) is 5.75 Å². The van der Waals surface area contributed by atoms with Crippen LogP contribution in [0.1, 0.15) is 17.3 Å². The van der Waals surface area contributed by atoms with E-state index in [1.165, 1.54) is 0 Å². The third kappa shape index (κ3) is 3.65. The summed E-state index contributed by atoms with van der Waals surface area (Å²) in [5, 5.41) is 1.22. The second kappa shape index (κ2) is 7.49. The van der Waals surface area contributed by atoms with Crippen LogP contribution < -0.4 is 15.6 Å². The second-order valence-electron chi connectivity index (χ2n) is 5.80. The molecular weight excluding hydrogens is 354 g/mol. The van der Waals surface area contributed by atoms with Crippen molar-refractivity contribution in [2.24, 2.45) is 7.05 Å². The van der Waals surface area contributed by atoms with E-state index in [0.29, 0.717) is 16.3 Å². The number of aryl methyl sites for hydroxylation is 1. The normalized spacial score (nSPS) is 11.8. The first-order valence-corrected chi connectivity index (χ1v) is 8.40. The van der Waals surface area contributed by atoms with Crippen molar-refractivity contribution in [3.05, 3.63) is 65.3 Å². The highest BCUT2D eigenvalue weighted by Crippen LogP contribution is 2.24. The first-order chi connectivity index (χ1) is 12.5. The molecule has 0 spiro atoms. The largest absolute Gasteiger partial charge is 0.479 e. The molecule has 134 valence electrons. The number of ether oxygens (including phenoxy) is 1. The molecule has 0 aliphatic carbocycles. The number of aromatic nitrogens is 1. The lowest BCUT2D eigenvalue weighted by Gasteiger charge is -2.15. The molecule has 7 heteroatoms. The van der Waals surface area contributed by atoms with Gasteiger partial charge in [-0.3, -0.25) is 20.4 Å². The van der Waals surface area contributed by atoms with Crippen molar-refractivity contribution in [2.75, 3.05) is 0 Å². The van der Waals surface area contributed by atoms with E-state index in [0.717, 1.165) is 10.9 Å². The van der Waals surface area contributed by atoms with Gasteiger partial charge in [0.2, 0.25) is 0 Å². The standard InChI is InChI=1S/C19H18ClN3O3/c1-12(26-17-10-6-4-8-15(17)20)18(24)21-22-19(25)14-11-23(2)16-9-5-3-7-13(14)16/h3-12H,1-2H3,(H,21,24)(H,22,25). The number of para-hydroxylation sites is 2. The molecule has 6 nitrogen and oxygen atoms in total. The monoisotopic (exact) mass is 371 g/mol. The molecule has 1 heterocycles. The topological polar surface area (TPSA) is 72.4 Å². The molecule has 0 bridgehead atoms. The fourth-order valence-corrected chi connectivity index (χ4v) is 2.77. The minimum absolute atomic E-state index is 0.400. The van der Waals surface area contributed by atoms with E-state index in [-0.39, 0.29) is 0 Å². The van der Waals surface area contributed by atoms with Crippen LogP contribution in [0, 0.1) is 0 Å². The smallest absolute Gasteiger partial charge is 0.279 e. The number of fused-ring (bicyclic) bond motifs is 1. The third-order valence-corrected chi connectivity index (χ3v) is 4.26. The predicted octanol–water partition coefficient (Wildman–Crippen LogP) is 3.06. The fourth-order valence-electron chi connectivity index (χ4n) is 2.59. The lowest BCUT2D eigenvalue weighted by molar-refractivity contribution is -0.128. The highest BCUT2D eigenvalue weighted by atomic mass is 35.5. The molecule has 2 N–H and O–H groups in total. The number of rotatable bonds is 4. The molecule has 26 heavy (non-hydrogen) atoms. The zero-order valence-corrected chi connectivity index (χ0v) is 15.1. The van der Waals surface area contributed by atoms with Crippen molar-refractivity contribution in [2.45, 2.75) is 13.0 Å². The SMILES string of the molecule is CC(Oc1ccccc1Cl)C(=O)NNC(=O)c1cn(C)c2ccccc12. The number of hydrogen-bond donors (Lipinski definition) is 2. The number of amides is 2. The maximum atomic E-state index is 12.4. The van der Waals surface area contributed by atoms with Crippen LogP contribution in [-0.2, 0) is 11.8 Å². The van der Waals surface area contributed by atoms with Gasteiger partial charge < -0.3 is 9.30 Å². The summed E-state index contributed by atoms with van der Waals surface area (Å²) >= 11 is 6.01. The van der Waals surface area contributed by atoms with Gasteiger partial charge in [-0.05, 0) is 25.1 Å². The molecule has 0 aliphatic rings. The van der Waals surface area contributed by atoms with Crippen LogP contribution in [0.2, 0.25) is 5.02 Å². The number of nitrogens with zero attached hydrogens (tertiary/aromatic N) is 1. The molecule has 1 atom stereocenters. The molecule has 2 aromatic carbocycles. The Morgan fingerprint density at radius 2 is 1.77 bits per heavy atom. The van der Waals surface area contributed by atoms with E-state index in [4.69, 9.17) is 16.3 Å². The lowest BCUT2D eigenvalue weighted by Crippen LogP contribution is -2.47. The second-order valence-corrected chi connectivity index (χ2v) is 6.21. The third-order valence-electron chi connectivity index (χ3n) is 3.95. The van der Waals surface area contributed by atoms with Crippen LogP contribution in [0.4, 0.5) is 0 Å². The van der Waals surface area contributed by atoms with E-state index in [9.17, 15) is 9.59 Å². The van der Waals surface area contributed by atoms with E-state index < -0.39 is 17.9 Å². The molecule has 1 unspecified atom stereocenters. The number of carbonyl (C=O) groups is 2. The van der Waals surface area contributed by atoms with Gasteiger partial charge in [0, 0.05) is 24.1 Å². The summed E-state index contributed by atoms with van der Waals surface area (Å²) in [5.41, 5.74) is 6.20. The van der Waals surface area contributed by atoms with Crippen LogP contribution in [0.3, 0.4) is 0 Å². The Labute approximate surface area is 155 Å². The highest BCUT2D eigenvalue weighted by molar-refractivity contribution is 6.32. The molecule has 0 radical (unpaired) electrons. The summed E-state index contributed by atoms with van der Waals surface area (Å²) in [5.74, 6) is -0.490. The molecule has 3 aromatic rings. The molecular formula is C19H18ClN3O3. The molecule has 2 amide bonds. The van der Waals surface area contributed by atoms with Crippen LogP contribution in [0.15, 0.2) is 54.7 Å². The van der Waals surface area contributed by atoms with Crippen LogP contribution in [-0.4, -0.2) is 22.5 Å². The lowest BCUT2D eigenvalue weighted by atomic mass is 10.2. The first-order valence-electron chi connectivity index (χ1n) is 8.03. The number of nitrogens with one attached hydrogen (secondary N) is 2. The van der Waals surface area contributed by atoms with Gasteiger partial charge >= 0.3 is 0 Å². The summed E-state index contributed by atoms with van der Waals surface area (Å²) in [6.07, 6.45) is 0.887. The van der Waals surface area contributed by atoms with Crippen LogP contribution in [0.25, 0.3) is 10.9 Å². The molecule has 1 aromatic heterocycles. The summed E-state index contributed by atoms with van der Waals surface area (Å²) in [6.45, 7) is 1.57. The van der Waals surface area contributed by atoms with Gasteiger partial charge in [-0.1, -0.05) is 41.9 Å². The fraction of sp³-hybridized carbons (Fsp3) is 0.158. The number of halogens is 1. The molecule has 0 saturated heterocycles. The van der Waals surface area contributed by atoms with Gasteiger partial charge in [-0.25, -0.2) is 0 Å². The molecule has 3 rings (SSSR count). The number of hydrazine groups is 1. The minimum Gasteiger partial charge on any atom is -0.479 e. The van der Waals surface area contributed by atoms with E-state index >= 15 is 0 Å². The summed E-state index contributed by atoms with van der Waals surface area (Å²) in [4.78, 5) is 24.6. The first kappa shape index (κ1) is 17.8. The quantitative estimate of drug-likeness (QED) is 0.692. The Morgan fingerprint density at radius 1 is 1.08 bits per heavy atom. The Hall–Kier alpha value is -2.99. The van der Waals surface area contributed by atoms with Crippen molar-refractivity contribution in [3.63, 3.8) is 0 Å². The summed E-state index contributed by atoms with van der Waals surface area (Å²) in [6, 6.07) is 14.4. The average Bonchev–Trinajstić information content (AvgIpc) is 2.98. The Morgan fingerprint density at radius 3 is 2.54 bits per heavy atom. The number of benzene rings is 2. The zero-order valence-electron chi connectivity index (χ0n) is 14.3. The van der Waals surface area contributed by atoms with Crippen molar-refractivity contribution < 1.29 is 14.3 Å². The van der Waals surface area contributed by atoms with Gasteiger partial charge in [0.25, 0.3) is 11.8 Å². The van der Waals surface area contributed by atoms with Crippen molar-refractivity contribution >= 4 is 34.3 Å². The average molecular weight is 372 g/mol. The molecule has 0 saturated carbocycles. The highest BCUT2D eigenvalue weighted by Gasteiger charge is 2.18. The van der Waals surface area contributed by atoms with Crippen molar-refractivity contribution in [1.29, 1.82) is 0 Å². The van der Waals surface area contributed by atoms with Gasteiger partial charge in [0.05, 0.1) is 10.6 Å². The Kier molecular flexibility index (Phi) is 5.14. The summed E-state index contributed by atoms with van der Waals surface area (Å²) in [7, 11) is 1.86. The maximum Gasteiger partial charge on any atom is 0.279 e. The Balaban J connectivity index is 1.63. The van der Waals surface area contributed by atoms with E-state index in [2.05, 4.69) is 10.9 Å². The van der Waals surface area contributed by atoms with Crippen molar-refractivity contribution in [1.82, 2.24) is 15.4 Å². The van der Waals surface area contributed by atoms with Gasteiger partial charge in [0.15, 0.2) is 6.10 Å². The summed E-state index contributed by atoms with van der Waals surface area (Å²) < 4.78 is 7.38. The Bertz CT molecular complexity index is 968. The van der Waals surface area contributed by atoms with Gasteiger partial charge in [-0.15, -0.1) is 0 Å². The number of carbonyl (C=O) groups excluding carboxylic acids is 2. The predicted molar refractivity (Wildman–Crippen MR) is 100 cm³/mol. The number of hydrogen-bond acceptors (Lipinski definition) is 3. The van der Waals surface area contributed by atoms with E-state index in [1.807, 2.05) is 35.9 Å². The maximum absolute atomic E-state index is 12.4. The minimum atomic E-state index is -0.831. The molecule has 0 aliphatic heterocycles.